The zero-order valence-corrected chi connectivity index (χ0v) is 12.7. The lowest BCUT2D eigenvalue weighted by Gasteiger charge is -2.35. The van der Waals surface area contributed by atoms with E-state index in [9.17, 15) is 9.59 Å². The SMILES string of the molecule is O=C1CN(CC(=O)N2CCN(Cc3ccco3)CC2)CCN1. The van der Waals surface area contributed by atoms with Gasteiger partial charge in [0, 0.05) is 39.3 Å². The third-order valence-corrected chi connectivity index (χ3v) is 4.16. The number of amides is 2. The molecule has 1 N–H and O–H groups in total. The number of hydrogen-bond acceptors (Lipinski definition) is 5. The van der Waals surface area contributed by atoms with Crippen molar-refractivity contribution in [1.82, 2.24) is 20.0 Å². The molecule has 0 spiro atoms. The highest BCUT2D eigenvalue weighted by atomic mass is 16.3. The normalized spacial score (nSPS) is 20.9. The van der Waals surface area contributed by atoms with Crippen LogP contribution in [-0.2, 0) is 16.1 Å². The summed E-state index contributed by atoms with van der Waals surface area (Å²) in [5, 5.41) is 2.77. The largest absolute Gasteiger partial charge is 0.468 e. The Labute approximate surface area is 129 Å². The van der Waals surface area contributed by atoms with Crippen molar-refractivity contribution in [3.63, 3.8) is 0 Å². The molecule has 7 nitrogen and oxygen atoms in total. The molecule has 1 aromatic rings. The molecule has 2 aliphatic heterocycles. The highest BCUT2D eigenvalue weighted by Crippen LogP contribution is 2.09. The van der Waals surface area contributed by atoms with E-state index < -0.39 is 0 Å². The van der Waals surface area contributed by atoms with Gasteiger partial charge in [0.05, 0.1) is 25.9 Å². The number of piperazine rings is 2. The first-order valence-corrected chi connectivity index (χ1v) is 7.72. The summed E-state index contributed by atoms with van der Waals surface area (Å²) in [5.74, 6) is 1.08. The molecular formula is C15H22N4O3. The minimum Gasteiger partial charge on any atom is -0.468 e. The molecular weight excluding hydrogens is 284 g/mol. The van der Waals surface area contributed by atoms with Crippen LogP contribution < -0.4 is 5.32 Å². The zero-order valence-electron chi connectivity index (χ0n) is 12.7. The summed E-state index contributed by atoms with van der Waals surface area (Å²) < 4.78 is 5.35. The van der Waals surface area contributed by atoms with Gasteiger partial charge in [-0.15, -0.1) is 0 Å². The van der Waals surface area contributed by atoms with Gasteiger partial charge in [0.25, 0.3) is 0 Å². The molecule has 0 saturated carbocycles. The molecule has 2 fully saturated rings. The topological polar surface area (TPSA) is 69.0 Å². The Bertz CT molecular complexity index is 509. The minimum absolute atomic E-state index is 0.00215. The standard InChI is InChI=1S/C15H22N4O3/c20-14-11-18(4-3-16-14)12-15(21)19-7-5-17(6-8-19)10-13-2-1-9-22-13/h1-2,9H,3-8,10-12H2,(H,16,20). The second kappa shape index (κ2) is 6.93. The van der Waals surface area contributed by atoms with Crippen molar-refractivity contribution in [3.8, 4) is 0 Å². The van der Waals surface area contributed by atoms with Crippen LogP contribution in [0.4, 0.5) is 0 Å². The van der Waals surface area contributed by atoms with E-state index in [0.717, 1.165) is 45.0 Å². The van der Waals surface area contributed by atoms with Gasteiger partial charge in [0.1, 0.15) is 5.76 Å². The lowest BCUT2D eigenvalue weighted by Crippen LogP contribution is -2.54. The predicted octanol–water partition coefficient (Wildman–Crippen LogP) is -0.644. The molecule has 3 heterocycles. The monoisotopic (exact) mass is 306 g/mol. The summed E-state index contributed by atoms with van der Waals surface area (Å²) in [6, 6.07) is 3.86. The van der Waals surface area contributed by atoms with E-state index in [2.05, 4.69) is 10.2 Å². The van der Waals surface area contributed by atoms with Crippen LogP contribution in [0.1, 0.15) is 5.76 Å². The molecule has 120 valence electrons. The first-order chi connectivity index (χ1) is 10.7. The molecule has 1 aromatic heterocycles. The van der Waals surface area contributed by atoms with Crippen LogP contribution in [0.25, 0.3) is 0 Å². The predicted molar refractivity (Wildman–Crippen MR) is 80.0 cm³/mol. The van der Waals surface area contributed by atoms with Crippen molar-refractivity contribution in [2.45, 2.75) is 6.54 Å². The van der Waals surface area contributed by atoms with E-state index in [0.29, 0.717) is 19.6 Å². The Kier molecular flexibility index (Phi) is 4.74. The summed E-state index contributed by atoms with van der Waals surface area (Å²) in [4.78, 5) is 29.7. The highest BCUT2D eigenvalue weighted by Gasteiger charge is 2.25. The quantitative estimate of drug-likeness (QED) is 0.801. The van der Waals surface area contributed by atoms with Crippen LogP contribution in [0.5, 0.6) is 0 Å². The smallest absolute Gasteiger partial charge is 0.236 e. The Hall–Kier alpha value is -1.86. The van der Waals surface area contributed by atoms with Crippen molar-refractivity contribution in [3.05, 3.63) is 24.2 Å². The van der Waals surface area contributed by atoms with E-state index >= 15 is 0 Å². The second-order valence-electron chi connectivity index (χ2n) is 5.80. The van der Waals surface area contributed by atoms with Crippen LogP contribution >= 0.6 is 0 Å². The number of hydrogen-bond donors (Lipinski definition) is 1. The second-order valence-corrected chi connectivity index (χ2v) is 5.80. The summed E-state index contributed by atoms with van der Waals surface area (Å²) in [7, 11) is 0. The van der Waals surface area contributed by atoms with E-state index in [1.54, 1.807) is 6.26 Å². The third kappa shape index (κ3) is 3.86. The fraction of sp³-hybridized carbons (Fsp3) is 0.600. The maximum atomic E-state index is 12.3. The Morgan fingerprint density at radius 2 is 2.00 bits per heavy atom. The van der Waals surface area contributed by atoms with Crippen molar-refractivity contribution >= 4 is 11.8 Å². The summed E-state index contributed by atoms with van der Waals surface area (Å²) >= 11 is 0. The number of furan rings is 1. The van der Waals surface area contributed by atoms with E-state index in [-0.39, 0.29) is 11.8 Å². The fourth-order valence-corrected chi connectivity index (χ4v) is 2.90. The summed E-state index contributed by atoms with van der Waals surface area (Å²) in [5.41, 5.74) is 0. The average molecular weight is 306 g/mol. The Morgan fingerprint density at radius 3 is 2.68 bits per heavy atom. The molecule has 0 bridgehead atoms. The zero-order chi connectivity index (χ0) is 15.4. The summed E-state index contributed by atoms with van der Waals surface area (Å²) in [6.07, 6.45) is 1.68. The first kappa shape index (κ1) is 15.1. The molecule has 22 heavy (non-hydrogen) atoms. The third-order valence-electron chi connectivity index (χ3n) is 4.16. The van der Waals surface area contributed by atoms with Crippen LogP contribution in [-0.4, -0.2) is 78.9 Å². The molecule has 2 amide bonds. The maximum absolute atomic E-state index is 12.3. The van der Waals surface area contributed by atoms with Gasteiger partial charge in [-0.3, -0.25) is 19.4 Å². The van der Waals surface area contributed by atoms with Crippen LogP contribution in [0.2, 0.25) is 0 Å². The highest BCUT2D eigenvalue weighted by molar-refractivity contribution is 5.81. The van der Waals surface area contributed by atoms with Gasteiger partial charge in [-0.2, -0.15) is 0 Å². The van der Waals surface area contributed by atoms with Gasteiger partial charge < -0.3 is 14.6 Å². The van der Waals surface area contributed by atoms with Crippen LogP contribution in [0.15, 0.2) is 22.8 Å². The number of nitrogens with one attached hydrogen (secondary N) is 1. The van der Waals surface area contributed by atoms with E-state index in [4.69, 9.17) is 4.42 Å². The van der Waals surface area contributed by atoms with Gasteiger partial charge in [-0.25, -0.2) is 0 Å². The van der Waals surface area contributed by atoms with Crippen molar-refractivity contribution in [2.24, 2.45) is 0 Å². The molecule has 0 unspecified atom stereocenters. The van der Waals surface area contributed by atoms with E-state index in [1.165, 1.54) is 0 Å². The van der Waals surface area contributed by atoms with Crippen molar-refractivity contribution in [2.75, 3.05) is 52.4 Å². The number of carbonyl (C=O) groups excluding carboxylic acids is 2. The molecule has 0 atom stereocenters. The number of rotatable bonds is 4. The number of carbonyl (C=O) groups is 2. The lowest BCUT2D eigenvalue weighted by molar-refractivity contribution is -0.135. The molecule has 2 saturated heterocycles. The lowest BCUT2D eigenvalue weighted by atomic mass is 10.2. The Morgan fingerprint density at radius 1 is 1.18 bits per heavy atom. The van der Waals surface area contributed by atoms with E-state index in [1.807, 2.05) is 21.9 Å². The average Bonchev–Trinajstić information content (AvgIpc) is 3.01. The van der Waals surface area contributed by atoms with Crippen molar-refractivity contribution < 1.29 is 14.0 Å². The molecule has 0 aliphatic carbocycles. The van der Waals surface area contributed by atoms with Gasteiger partial charge >= 0.3 is 0 Å². The van der Waals surface area contributed by atoms with Gasteiger partial charge in [0.2, 0.25) is 11.8 Å². The molecule has 0 aromatic carbocycles. The van der Waals surface area contributed by atoms with Gasteiger partial charge in [-0.1, -0.05) is 0 Å². The molecule has 2 aliphatic rings. The molecule has 0 radical (unpaired) electrons. The molecule has 7 heteroatoms. The molecule has 3 rings (SSSR count). The van der Waals surface area contributed by atoms with Crippen LogP contribution in [0.3, 0.4) is 0 Å². The summed E-state index contributed by atoms with van der Waals surface area (Å²) in [6.45, 7) is 6.01. The first-order valence-electron chi connectivity index (χ1n) is 7.72. The minimum atomic E-state index is 0.00215. The van der Waals surface area contributed by atoms with Crippen LogP contribution in [0, 0.1) is 0 Å². The maximum Gasteiger partial charge on any atom is 0.236 e. The Balaban J connectivity index is 1.42. The van der Waals surface area contributed by atoms with Crippen molar-refractivity contribution in [1.29, 1.82) is 0 Å². The van der Waals surface area contributed by atoms with Gasteiger partial charge in [-0.05, 0) is 12.1 Å². The van der Waals surface area contributed by atoms with Gasteiger partial charge in [0.15, 0.2) is 0 Å². The fourth-order valence-electron chi connectivity index (χ4n) is 2.90. The number of nitrogens with zero attached hydrogens (tertiary/aromatic N) is 3.